The lowest BCUT2D eigenvalue weighted by atomic mass is 10.00. The van der Waals surface area contributed by atoms with Crippen molar-refractivity contribution >= 4 is 22.5 Å². The average molecular weight is 335 g/mol. The Bertz CT molecular complexity index is 842. The summed E-state index contributed by atoms with van der Waals surface area (Å²) in [5, 5.41) is 1.13. The van der Waals surface area contributed by atoms with Crippen LogP contribution in [0.2, 0.25) is 5.02 Å². The molecule has 0 bridgehead atoms. The van der Waals surface area contributed by atoms with Gasteiger partial charge in [-0.05, 0) is 55.6 Å². The molecule has 0 atom stereocenters. The predicted octanol–water partition coefficient (Wildman–Crippen LogP) is 5.05. The standard InChI is InChI=1S/C18H17ClF2N2/c19-15-10-11(20)7-8-14(15)17-12(4-1-2-9-22)13-5-3-6-16(21)18(13)23-17/h3,5-8,10,23H,1-2,4,9,22H2. The van der Waals surface area contributed by atoms with Gasteiger partial charge in [0, 0.05) is 10.9 Å². The van der Waals surface area contributed by atoms with E-state index in [1.54, 1.807) is 12.1 Å². The summed E-state index contributed by atoms with van der Waals surface area (Å²) in [5.41, 5.74) is 8.42. The van der Waals surface area contributed by atoms with Crippen molar-refractivity contribution < 1.29 is 8.78 Å². The van der Waals surface area contributed by atoms with Crippen LogP contribution in [0.25, 0.3) is 22.2 Å². The van der Waals surface area contributed by atoms with Gasteiger partial charge < -0.3 is 10.7 Å². The zero-order chi connectivity index (χ0) is 16.4. The normalized spacial score (nSPS) is 11.3. The number of para-hydroxylation sites is 1. The van der Waals surface area contributed by atoms with Crippen molar-refractivity contribution in [2.45, 2.75) is 19.3 Å². The molecule has 0 spiro atoms. The van der Waals surface area contributed by atoms with Crippen LogP contribution in [0.3, 0.4) is 0 Å². The number of nitrogens with one attached hydrogen (secondary N) is 1. The molecule has 1 aromatic heterocycles. The number of fused-ring (bicyclic) bond motifs is 1. The summed E-state index contributed by atoms with van der Waals surface area (Å²) in [7, 11) is 0. The Morgan fingerprint density at radius 1 is 1.09 bits per heavy atom. The summed E-state index contributed by atoms with van der Waals surface area (Å²) in [6.07, 6.45) is 2.54. The molecule has 3 rings (SSSR count). The van der Waals surface area contributed by atoms with E-state index in [1.807, 2.05) is 6.07 Å². The first-order valence-corrected chi connectivity index (χ1v) is 7.94. The van der Waals surface area contributed by atoms with Crippen molar-refractivity contribution in [3.05, 3.63) is 58.6 Å². The van der Waals surface area contributed by atoms with Gasteiger partial charge in [0.25, 0.3) is 0 Å². The first-order chi connectivity index (χ1) is 11.1. The van der Waals surface area contributed by atoms with E-state index in [9.17, 15) is 8.78 Å². The number of H-pyrrole nitrogens is 1. The molecule has 3 N–H and O–H groups in total. The maximum atomic E-state index is 14.1. The molecule has 3 aromatic rings. The lowest BCUT2D eigenvalue weighted by molar-refractivity contribution is 0.628. The van der Waals surface area contributed by atoms with Gasteiger partial charge in [0.05, 0.1) is 16.2 Å². The van der Waals surface area contributed by atoms with Crippen LogP contribution in [0.4, 0.5) is 8.78 Å². The molecule has 0 aliphatic carbocycles. The number of aryl methyl sites for hydroxylation is 1. The largest absolute Gasteiger partial charge is 0.352 e. The van der Waals surface area contributed by atoms with E-state index >= 15 is 0 Å². The van der Waals surface area contributed by atoms with Crippen molar-refractivity contribution in [2.75, 3.05) is 6.54 Å². The molecule has 0 aliphatic heterocycles. The molecular formula is C18H17ClF2N2. The maximum absolute atomic E-state index is 14.1. The number of nitrogens with two attached hydrogens (primary N) is 1. The minimum absolute atomic E-state index is 0.303. The Morgan fingerprint density at radius 3 is 2.65 bits per heavy atom. The molecule has 0 amide bonds. The van der Waals surface area contributed by atoms with Crippen LogP contribution in [0.1, 0.15) is 18.4 Å². The Kier molecular flexibility index (Phi) is 4.64. The number of aromatic amines is 1. The maximum Gasteiger partial charge on any atom is 0.147 e. The molecule has 0 unspecified atom stereocenters. The highest BCUT2D eigenvalue weighted by atomic mass is 35.5. The Hall–Kier alpha value is -1.91. The summed E-state index contributed by atoms with van der Waals surface area (Å²) in [5.74, 6) is -0.710. The van der Waals surface area contributed by atoms with E-state index < -0.39 is 5.82 Å². The number of rotatable bonds is 5. The molecule has 0 saturated heterocycles. The molecular weight excluding hydrogens is 318 g/mol. The zero-order valence-corrected chi connectivity index (χ0v) is 13.3. The number of hydrogen-bond donors (Lipinski definition) is 2. The minimum Gasteiger partial charge on any atom is -0.352 e. The van der Waals surface area contributed by atoms with Gasteiger partial charge in [-0.2, -0.15) is 0 Å². The second-order valence-electron chi connectivity index (χ2n) is 5.51. The molecule has 0 radical (unpaired) electrons. The van der Waals surface area contributed by atoms with E-state index in [0.29, 0.717) is 22.6 Å². The average Bonchev–Trinajstić information content (AvgIpc) is 2.88. The summed E-state index contributed by atoms with van der Waals surface area (Å²) in [4.78, 5) is 3.12. The van der Waals surface area contributed by atoms with Crippen molar-refractivity contribution in [1.29, 1.82) is 0 Å². The van der Waals surface area contributed by atoms with E-state index in [0.717, 1.165) is 35.9 Å². The second kappa shape index (κ2) is 6.69. The number of unbranched alkanes of at least 4 members (excludes halogenated alkanes) is 1. The quantitative estimate of drug-likeness (QED) is 0.630. The van der Waals surface area contributed by atoms with E-state index in [1.165, 1.54) is 18.2 Å². The van der Waals surface area contributed by atoms with Gasteiger partial charge >= 0.3 is 0 Å². The molecule has 120 valence electrons. The Morgan fingerprint density at radius 2 is 1.91 bits per heavy atom. The molecule has 2 aromatic carbocycles. The van der Waals surface area contributed by atoms with Crippen LogP contribution < -0.4 is 5.73 Å². The molecule has 5 heteroatoms. The fraction of sp³-hybridized carbons (Fsp3) is 0.222. The summed E-state index contributed by atoms with van der Waals surface area (Å²) >= 11 is 6.19. The monoisotopic (exact) mass is 334 g/mol. The van der Waals surface area contributed by atoms with Crippen LogP contribution in [0.5, 0.6) is 0 Å². The van der Waals surface area contributed by atoms with Crippen LogP contribution in [0.15, 0.2) is 36.4 Å². The third kappa shape index (κ3) is 3.09. The van der Waals surface area contributed by atoms with Crippen LogP contribution in [-0.2, 0) is 6.42 Å². The first kappa shape index (κ1) is 16.0. The number of hydrogen-bond acceptors (Lipinski definition) is 1. The van der Waals surface area contributed by atoms with E-state index in [4.69, 9.17) is 17.3 Å². The summed E-state index contributed by atoms with van der Waals surface area (Å²) in [6.45, 7) is 0.614. The van der Waals surface area contributed by atoms with Crippen molar-refractivity contribution in [2.24, 2.45) is 5.73 Å². The van der Waals surface area contributed by atoms with Gasteiger partial charge in [-0.25, -0.2) is 8.78 Å². The SMILES string of the molecule is NCCCCc1c(-c2ccc(F)cc2Cl)[nH]c2c(F)cccc12. The fourth-order valence-electron chi connectivity index (χ4n) is 2.87. The smallest absolute Gasteiger partial charge is 0.147 e. The van der Waals surface area contributed by atoms with Gasteiger partial charge in [0.1, 0.15) is 11.6 Å². The highest BCUT2D eigenvalue weighted by Crippen LogP contribution is 2.36. The molecule has 23 heavy (non-hydrogen) atoms. The fourth-order valence-corrected chi connectivity index (χ4v) is 3.13. The topological polar surface area (TPSA) is 41.8 Å². The van der Waals surface area contributed by atoms with Gasteiger partial charge in [-0.1, -0.05) is 23.7 Å². The number of benzene rings is 2. The Labute approximate surface area is 138 Å². The van der Waals surface area contributed by atoms with Crippen molar-refractivity contribution in [1.82, 2.24) is 4.98 Å². The molecule has 2 nitrogen and oxygen atoms in total. The minimum atomic E-state index is -0.397. The van der Waals surface area contributed by atoms with Gasteiger partial charge in [-0.3, -0.25) is 0 Å². The lowest BCUT2D eigenvalue weighted by Gasteiger charge is -2.07. The van der Waals surface area contributed by atoms with Crippen molar-refractivity contribution in [3.8, 4) is 11.3 Å². The van der Waals surface area contributed by atoms with Crippen molar-refractivity contribution in [3.63, 3.8) is 0 Å². The first-order valence-electron chi connectivity index (χ1n) is 7.56. The number of aromatic nitrogens is 1. The van der Waals surface area contributed by atoms with E-state index in [2.05, 4.69) is 4.98 Å². The Balaban J connectivity index is 2.17. The number of halogens is 3. The van der Waals surface area contributed by atoms with Gasteiger partial charge in [0.2, 0.25) is 0 Å². The van der Waals surface area contributed by atoms with Gasteiger partial charge in [-0.15, -0.1) is 0 Å². The van der Waals surface area contributed by atoms with E-state index in [-0.39, 0.29) is 5.82 Å². The predicted molar refractivity (Wildman–Crippen MR) is 90.7 cm³/mol. The highest BCUT2D eigenvalue weighted by molar-refractivity contribution is 6.33. The lowest BCUT2D eigenvalue weighted by Crippen LogP contribution is -1.99. The summed E-state index contributed by atoms with van der Waals surface area (Å²) < 4.78 is 27.4. The molecule has 0 saturated carbocycles. The second-order valence-corrected chi connectivity index (χ2v) is 5.92. The summed E-state index contributed by atoms with van der Waals surface area (Å²) in [6, 6.07) is 9.22. The molecule has 1 heterocycles. The van der Waals surface area contributed by atoms with Crippen LogP contribution in [-0.4, -0.2) is 11.5 Å². The third-order valence-electron chi connectivity index (χ3n) is 3.97. The zero-order valence-electron chi connectivity index (χ0n) is 12.5. The van der Waals surface area contributed by atoms with Gasteiger partial charge in [0.15, 0.2) is 0 Å². The van der Waals surface area contributed by atoms with Crippen LogP contribution in [0, 0.1) is 11.6 Å². The van der Waals surface area contributed by atoms with Crippen LogP contribution >= 0.6 is 11.6 Å². The third-order valence-corrected chi connectivity index (χ3v) is 4.28. The molecule has 0 aliphatic rings. The highest BCUT2D eigenvalue weighted by Gasteiger charge is 2.17. The molecule has 0 fully saturated rings.